The Labute approximate surface area is 425 Å². The second-order valence-corrected chi connectivity index (χ2v) is 19.1. The first-order valence-corrected chi connectivity index (χ1v) is 28.6. The van der Waals surface area contributed by atoms with E-state index in [1.807, 2.05) is 12.2 Å². The fourth-order valence-electron chi connectivity index (χ4n) is 6.89. The van der Waals surface area contributed by atoms with E-state index in [9.17, 15) is 28.9 Å². The first kappa shape index (κ1) is 66.4. The number of allylic oxidation sites excluding steroid dienone is 16. The van der Waals surface area contributed by atoms with Gasteiger partial charge in [-0.1, -0.05) is 208 Å². The summed E-state index contributed by atoms with van der Waals surface area (Å²) < 4.78 is 39.3. The first-order valence-electron chi connectivity index (χ1n) is 27.1. The smallest absolute Gasteiger partial charge is 0.462 e. The van der Waals surface area contributed by atoms with Crippen molar-refractivity contribution in [3.8, 4) is 0 Å². The molecule has 0 rings (SSSR count). The molecule has 12 heteroatoms. The van der Waals surface area contributed by atoms with E-state index < -0.39 is 57.8 Å². The van der Waals surface area contributed by atoms with E-state index >= 15 is 0 Å². The van der Waals surface area contributed by atoms with Gasteiger partial charge in [0.1, 0.15) is 12.7 Å². The summed E-state index contributed by atoms with van der Waals surface area (Å²) in [6, 6.07) is 0. The minimum Gasteiger partial charge on any atom is -0.462 e. The molecule has 0 aromatic heterocycles. The Morgan fingerprint density at radius 3 is 1.29 bits per heavy atom. The van der Waals surface area contributed by atoms with Gasteiger partial charge in [0.15, 0.2) is 6.10 Å². The van der Waals surface area contributed by atoms with Crippen LogP contribution in [0.15, 0.2) is 97.2 Å². The molecule has 0 aliphatic heterocycles. The van der Waals surface area contributed by atoms with Crippen LogP contribution < -0.4 is 0 Å². The minimum atomic E-state index is -4.77. The Morgan fingerprint density at radius 2 is 0.800 bits per heavy atom. The van der Waals surface area contributed by atoms with Gasteiger partial charge in [0.25, 0.3) is 0 Å². The molecular formula is C58H97O11P. The van der Waals surface area contributed by atoms with Gasteiger partial charge in [-0.15, -0.1) is 0 Å². The number of aliphatic hydroxyl groups is 1. The lowest BCUT2D eigenvalue weighted by Gasteiger charge is -2.21. The molecule has 0 saturated carbocycles. The zero-order valence-electron chi connectivity index (χ0n) is 43.9. The normalized spacial score (nSPS) is 14.2. The quantitative estimate of drug-likeness (QED) is 0.0197. The summed E-state index contributed by atoms with van der Waals surface area (Å²) in [5, 5.41) is 9.77. The maximum atomic E-state index is 12.9. The SMILES string of the molecule is CC/C=C\C/C=C\C/C=C\C/C=C\C/C=C\C/C=C\CCC(=O)OC(COC(=O)CCCCCCC/C=C\C/C=C\CCC)COP(=O)(O)OCC(CO)OC(=O)CCCCCCCCCCCCC. The van der Waals surface area contributed by atoms with Gasteiger partial charge in [0.2, 0.25) is 0 Å². The molecular weight excluding hydrogens is 904 g/mol. The maximum Gasteiger partial charge on any atom is 0.472 e. The summed E-state index contributed by atoms with van der Waals surface area (Å²) in [6.45, 7) is 4.34. The summed E-state index contributed by atoms with van der Waals surface area (Å²) in [5.41, 5.74) is 0. The second kappa shape index (κ2) is 51.7. The van der Waals surface area contributed by atoms with Crippen molar-refractivity contribution >= 4 is 25.7 Å². The topological polar surface area (TPSA) is 155 Å². The molecule has 400 valence electrons. The van der Waals surface area contributed by atoms with Crippen LogP contribution in [-0.4, -0.2) is 66.5 Å². The van der Waals surface area contributed by atoms with Crippen molar-refractivity contribution in [3.05, 3.63) is 97.2 Å². The van der Waals surface area contributed by atoms with Gasteiger partial charge < -0.3 is 24.2 Å². The van der Waals surface area contributed by atoms with Crippen LogP contribution in [0.5, 0.6) is 0 Å². The van der Waals surface area contributed by atoms with Crippen LogP contribution in [0.25, 0.3) is 0 Å². The van der Waals surface area contributed by atoms with Gasteiger partial charge in [0, 0.05) is 19.3 Å². The molecule has 0 aliphatic rings. The molecule has 0 saturated heterocycles. The van der Waals surface area contributed by atoms with Crippen molar-refractivity contribution in [1.82, 2.24) is 0 Å². The van der Waals surface area contributed by atoms with Crippen LogP contribution in [0.1, 0.15) is 213 Å². The zero-order chi connectivity index (χ0) is 51.3. The first-order chi connectivity index (χ1) is 34.2. The molecule has 0 aliphatic carbocycles. The average Bonchev–Trinajstić information content (AvgIpc) is 3.35. The van der Waals surface area contributed by atoms with Crippen molar-refractivity contribution < 1.29 is 52.2 Å². The van der Waals surface area contributed by atoms with E-state index in [1.165, 1.54) is 44.9 Å². The number of carbonyl (C=O) groups is 3. The van der Waals surface area contributed by atoms with Gasteiger partial charge >= 0.3 is 25.7 Å². The molecule has 0 fully saturated rings. The van der Waals surface area contributed by atoms with E-state index in [0.29, 0.717) is 25.7 Å². The average molecular weight is 1000 g/mol. The lowest BCUT2D eigenvalue weighted by molar-refractivity contribution is -0.161. The third-order valence-electron chi connectivity index (χ3n) is 11.0. The minimum absolute atomic E-state index is 0.0361. The number of rotatable bonds is 49. The summed E-state index contributed by atoms with van der Waals surface area (Å²) >= 11 is 0. The summed E-state index contributed by atoms with van der Waals surface area (Å²) in [4.78, 5) is 48.3. The molecule has 3 unspecified atom stereocenters. The van der Waals surface area contributed by atoms with Crippen molar-refractivity contribution in [2.24, 2.45) is 0 Å². The highest BCUT2D eigenvalue weighted by atomic mass is 31.2. The number of aliphatic hydroxyl groups excluding tert-OH is 1. The highest BCUT2D eigenvalue weighted by molar-refractivity contribution is 7.47. The number of phosphoric acid groups is 1. The summed E-state index contributed by atoms with van der Waals surface area (Å²) in [5.74, 6) is -1.59. The number of unbranched alkanes of at least 4 members (excludes halogenated alkanes) is 16. The predicted molar refractivity (Wildman–Crippen MR) is 288 cm³/mol. The molecule has 0 bridgehead atoms. The zero-order valence-corrected chi connectivity index (χ0v) is 44.8. The van der Waals surface area contributed by atoms with Crippen molar-refractivity contribution in [2.75, 3.05) is 26.4 Å². The molecule has 0 spiro atoms. The van der Waals surface area contributed by atoms with E-state index in [0.717, 1.165) is 103 Å². The van der Waals surface area contributed by atoms with Crippen LogP contribution >= 0.6 is 7.82 Å². The lowest BCUT2D eigenvalue weighted by Crippen LogP contribution is -2.30. The summed E-state index contributed by atoms with van der Waals surface area (Å²) in [7, 11) is -4.77. The van der Waals surface area contributed by atoms with Crippen LogP contribution in [-0.2, 0) is 42.2 Å². The molecule has 0 aromatic carbocycles. The monoisotopic (exact) mass is 1000 g/mol. The Bertz CT molecular complexity index is 1540. The lowest BCUT2D eigenvalue weighted by atomic mass is 10.1. The molecule has 0 radical (unpaired) electrons. The number of hydrogen-bond acceptors (Lipinski definition) is 10. The van der Waals surface area contributed by atoms with Crippen molar-refractivity contribution in [1.29, 1.82) is 0 Å². The molecule has 0 aromatic rings. The van der Waals surface area contributed by atoms with Gasteiger partial charge in [-0.3, -0.25) is 23.4 Å². The van der Waals surface area contributed by atoms with E-state index in [2.05, 4.69) is 106 Å². The maximum absolute atomic E-state index is 12.9. The molecule has 11 nitrogen and oxygen atoms in total. The second-order valence-electron chi connectivity index (χ2n) is 17.7. The Balaban J connectivity index is 4.88. The third-order valence-corrected chi connectivity index (χ3v) is 11.9. The molecule has 0 amide bonds. The third kappa shape index (κ3) is 49.4. The fourth-order valence-corrected chi connectivity index (χ4v) is 7.67. The van der Waals surface area contributed by atoms with Crippen LogP contribution in [0.3, 0.4) is 0 Å². The van der Waals surface area contributed by atoms with E-state index in [1.54, 1.807) is 0 Å². The van der Waals surface area contributed by atoms with Gasteiger partial charge in [-0.05, 0) is 83.5 Å². The Morgan fingerprint density at radius 1 is 0.414 bits per heavy atom. The van der Waals surface area contributed by atoms with E-state index in [-0.39, 0.29) is 25.9 Å². The standard InChI is InChI=1S/C58H97O11P/c1-4-7-10-13-16-19-22-24-25-26-27-28-29-31-34-37-40-43-46-49-58(62)69-55(51-65-56(60)47-44-41-38-35-33-30-23-20-17-14-11-8-5-2)53-67-70(63,64)66-52-54(50-59)68-57(61)48-45-42-39-36-32-21-18-15-12-9-6-3/h7,10-11,14,16,19-20,23-25,27-28,31,34,40,43,54-55,59H,4-6,8-9,12-13,15,17-18,21-22,26,29-30,32-33,35-39,41-42,44-53H2,1-3H3,(H,63,64)/b10-7-,14-11-,19-16-,23-20-,25-24-,28-27-,34-31-,43-40-. The Hall–Kier alpha value is -3.60. The predicted octanol–water partition coefficient (Wildman–Crippen LogP) is 15.7. The number of esters is 3. The Kier molecular flexibility index (Phi) is 49.1. The largest absolute Gasteiger partial charge is 0.472 e. The van der Waals surface area contributed by atoms with Crippen molar-refractivity contribution in [3.63, 3.8) is 0 Å². The number of hydrogen-bond donors (Lipinski definition) is 2. The van der Waals surface area contributed by atoms with Crippen molar-refractivity contribution in [2.45, 2.75) is 226 Å². The molecule has 2 N–H and O–H groups in total. The van der Waals surface area contributed by atoms with Gasteiger partial charge in [0.05, 0.1) is 19.8 Å². The molecule has 3 atom stereocenters. The molecule has 0 heterocycles. The molecule has 70 heavy (non-hydrogen) atoms. The van der Waals surface area contributed by atoms with Gasteiger partial charge in [-0.25, -0.2) is 4.57 Å². The number of phosphoric ester groups is 1. The van der Waals surface area contributed by atoms with Crippen LogP contribution in [0.2, 0.25) is 0 Å². The highest BCUT2D eigenvalue weighted by Gasteiger charge is 2.28. The summed E-state index contributed by atoms with van der Waals surface area (Å²) in [6.07, 6.45) is 59.6. The number of carbonyl (C=O) groups excluding carboxylic acids is 3. The van der Waals surface area contributed by atoms with Crippen LogP contribution in [0, 0.1) is 0 Å². The van der Waals surface area contributed by atoms with Gasteiger partial charge in [-0.2, -0.15) is 0 Å². The van der Waals surface area contributed by atoms with Crippen LogP contribution in [0.4, 0.5) is 0 Å². The number of ether oxygens (including phenoxy) is 3. The highest BCUT2D eigenvalue weighted by Crippen LogP contribution is 2.43. The fraction of sp³-hybridized carbons (Fsp3) is 0.672. The van der Waals surface area contributed by atoms with E-state index in [4.69, 9.17) is 23.3 Å².